The van der Waals surface area contributed by atoms with E-state index in [2.05, 4.69) is 17.6 Å². The second-order valence-corrected chi connectivity index (χ2v) is 7.25. The van der Waals surface area contributed by atoms with E-state index in [0.29, 0.717) is 29.1 Å². The average molecular weight is 417 g/mol. The van der Waals surface area contributed by atoms with Gasteiger partial charge in [0, 0.05) is 11.3 Å². The lowest BCUT2D eigenvalue weighted by atomic mass is 10.1. The van der Waals surface area contributed by atoms with Crippen molar-refractivity contribution in [3.63, 3.8) is 0 Å². The van der Waals surface area contributed by atoms with E-state index in [1.165, 1.54) is 12.8 Å². The second kappa shape index (κ2) is 11.6. The van der Waals surface area contributed by atoms with E-state index in [-0.39, 0.29) is 11.8 Å². The molecule has 0 saturated heterocycles. The molecule has 3 rings (SSSR count). The van der Waals surface area contributed by atoms with Crippen LogP contribution in [0.4, 0.5) is 11.4 Å². The fourth-order valence-electron chi connectivity index (χ4n) is 3.13. The predicted octanol–water partition coefficient (Wildman–Crippen LogP) is 6.15. The Kier molecular flexibility index (Phi) is 8.23. The van der Waals surface area contributed by atoms with Gasteiger partial charge >= 0.3 is 0 Å². The Bertz CT molecular complexity index is 985. The molecule has 0 aliphatic heterocycles. The molecule has 31 heavy (non-hydrogen) atoms. The maximum atomic E-state index is 12.7. The van der Waals surface area contributed by atoms with Gasteiger partial charge in [-0.1, -0.05) is 56.5 Å². The van der Waals surface area contributed by atoms with Crippen molar-refractivity contribution >= 4 is 23.2 Å². The quantitative estimate of drug-likeness (QED) is 0.390. The number of hydrogen-bond acceptors (Lipinski definition) is 3. The Morgan fingerprint density at radius 1 is 0.742 bits per heavy atom. The summed E-state index contributed by atoms with van der Waals surface area (Å²) in [6.45, 7) is 2.86. The highest BCUT2D eigenvalue weighted by Crippen LogP contribution is 2.19. The van der Waals surface area contributed by atoms with Gasteiger partial charge in [-0.25, -0.2) is 0 Å². The molecule has 0 unspecified atom stereocenters. The van der Waals surface area contributed by atoms with Crippen LogP contribution in [0.3, 0.4) is 0 Å². The molecule has 3 aromatic carbocycles. The molecule has 0 saturated carbocycles. The number of para-hydroxylation sites is 2. The smallest absolute Gasteiger partial charge is 0.257 e. The standard InChI is InChI=1S/C26H28N2O3/c1-2-3-4-10-19-31-22-17-15-20(16-18-22)25(29)28-24-14-9-8-13-23(24)26(30)27-21-11-6-5-7-12-21/h5-9,11-18H,2-4,10,19H2,1H3,(H,27,30)(H,28,29). The van der Waals surface area contributed by atoms with Gasteiger partial charge in [-0.2, -0.15) is 0 Å². The van der Waals surface area contributed by atoms with Crippen molar-refractivity contribution in [3.05, 3.63) is 90.0 Å². The van der Waals surface area contributed by atoms with Gasteiger partial charge < -0.3 is 15.4 Å². The third kappa shape index (κ3) is 6.71. The average Bonchev–Trinajstić information content (AvgIpc) is 2.80. The summed E-state index contributed by atoms with van der Waals surface area (Å²) in [7, 11) is 0. The van der Waals surface area contributed by atoms with Gasteiger partial charge in [0.15, 0.2) is 0 Å². The van der Waals surface area contributed by atoms with Gasteiger partial charge in [-0.05, 0) is 55.0 Å². The van der Waals surface area contributed by atoms with Crippen LogP contribution in [0.1, 0.15) is 53.3 Å². The van der Waals surface area contributed by atoms with Crippen LogP contribution in [0.25, 0.3) is 0 Å². The molecular weight excluding hydrogens is 388 g/mol. The number of hydrogen-bond donors (Lipinski definition) is 2. The van der Waals surface area contributed by atoms with Crippen molar-refractivity contribution < 1.29 is 14.3 Å². The molecule has 0 radical (unpaired) electrons. The number of rotatable bonds is 10. The number of nitrogens with one attached hydrogen (secondary N) is 2. The molecule has 0 fully saturated rings. The van der Waals surface area contributed by atoms with Crippen LogP contribution in [-0.4, -0.2) is 18.4 Å². The predicted molar refractivity (Wildman–Crippen MR) is 125 cm³/mol. The monoisotopic (exact) mass is 416 g/mol. The first kappa shape index (κ1) is 22.1. The lowest BCUT2D eigenvalue weighted by Crippen LogP contribution is -2.18. The van der Waals surface area contributed by atoms with Crippen LogP contribution in [0.2, 0.25) is 0 Å². The molecule has 0 aromatic heterocycles. The van der Waals surface area contributed by atoms with Crippen LogP contribution in [0.15, 0.2) is 78.9 Å². The van der Waals surface area contributed by atoms with E-state index in [1.807, 2.05) is 30.3 Å². The summed E-state index contributed by atoms with van der Waals surface area (Å²) < 4.78 is 5.73. The van der Waals surface area contributed by atoms with Crippen LogP contribution in [-0.2, 0) is 0 Å². The minimum atomic E-state index is -0.283. The van der Waals surface area contributed by atoms with E-state index < -0.39 is 0 Å². The summed E-state index contributed by atoms with van der Waals surface area (Å²) in [6.07, 6.45) is 4.60. The van der Waals surface area contributed by atoms with Gasteiger partial charge in [0.05, 0.1) is 17.9 Å². The Labute approximate surface area is 183 Å². The van der Waals surface area contributed by atoms with Crippen LogP contribution in [0.5, 0.6) is 5.75 Å². The van der Waals surface area contributed by atoms with E-state index in [9.17, 15) is 9.59 Å². The number of ether oxygens (including phenoxy) is 1. The highest BCUT2D eigenvalue weighted by atomic mass is 16.5. The van der Waals surface area contributed by atoms with Crippen molar-refractivity contribution in [2.45, 2.75) is 32.6 Å². The number of carbonyl (C=O) groups excluding carboxylic acids is 2. The molecular formula is C26H28N2O3. The maximum Gasteiger partial charge on any atom is 0.257 e. The number of anilines is 2. The molecule has 3 aromatic rings. The van der Waals surface area contributed by atoms with Crippen LogP contribution < -0.4 is 15.4 Å². The lowest BCUT2D eigenvalue weighted by Gasteiger charge is -2.12. The molecule has 160 valence electrons. The maximum absolute atomic E-state index is 12.7. The summed E-state index contributed by atoms with van der Waals surface area (Å²) in [5, 5.41) is 5.68. The molecule has 5 heteroatoms. The zero-order chi connectivity index (χ0) is 21.9. The van der Waals surface area contributed by atoms with Gasteiger partial charge in [0.25, 0.3) is 11.8 Å². The van der Waals surface area contributed by atoms with Gasteiger partial charge in [0.2, 0.25) is 0 Å². The Hall–Kier alpha value is -3.60. The van der Waals surface area contributed by atoms with Gasteiger partial charge in [-0.3, -0.25) is 9.59 Å². The SMILES string of the molecule is CCCCCCOc1ccc(C(=O)Nc2ccccc2C(=O)Nc2ccccc2)cc1. The largest absolute Gasteiger partial charge is 0.494 e. The van der Waals surface area contributed by atoms with E-state index >= 15 is 0 Å². The lowest BCUT2D eigenvalue weighted by molar-refractivity contribution is 0.102. The highest BCUT2D eigenvalue weighted by molar-refractivity contribution is 6.12. The first-order valence-corrected chi connectivity index (χ1v) is 10.7. The molecule has 0 atom stereocenters. The van der Waals surface area contributed by atoms with Crippen molar-refractivity contribution in [3.8, 4) is 5.75 Å². The second-order valence-electron chi connectivity index (χ2n) is 7.25. The van der Waals surface area contributed by atoms with E-state index in [4.69, 9.17) is 4.74 Å². The first-order valence-electron chi connectivity index (χ1n) is 10.7. The van der Waals surface area contributed by atoms with Crippen molar-refractivity contribution in [1.82, 2.24) is 0 Å². The summed E-state index contributed by atoms with van der Waals surface area (Å²) in [6, 6.07) is 23.2. The fourth-order valence-corrected chi connectivity index (χ4v) is 3.13. The third-order valence-corrected chi connectivity index (χ3v) is 4.83. The van der Waals surface area contributed by atoms with E-state index in [0.717, 1.165) is 18.6 Å². The summed E-state index contributed by atoms with van der Waals surface area (Å²) in [5.74, 6) is 0.180. The normalized spacial score (nSPS) is 10.4. The summed E-state index contributed by atoms with van der Waals surface area (Å²) in [5.41, 5.74) is 2.04. The van der Waals surface area contributed by atoms with Gasteiger partial charge in [0.1, 0.15) is 5.75 Å². The molecule has 0 spiro atoms. The number of carbonyl (C=O) groups is 2. The van der Waals surface area contributed by atoms with Crippen LogP contribution in [0, 0.1) is 0 Å². The van der Waals surface area contributed by atoms with Gasteiger partial charge in [-0.15, -0.1) is 0 Å². The minimum absolute atomic E-state index is 0.283. The number of benzene rings is 3. The van der Waals surface area contributed by atoms with Crippen molar-refractivity contribution in [1.29, 1.82) is 0 Å². The minimum Gasteiger partial charge on any atom is -0.494 e. The Morgan fingerprint density at radius 3 is 2.19 bits per heavy atom. The van der Waals surface area contributed by atoms with Crippen molar-refractivity contribution in [2.75, 3.05) is 17.2 Å². The summed E-state index contributed by atoms with van der Waals surface area (Å²) in [4.78, 5) is 25.4. The molecule has 2 N–H and O–H groups in total. The topological polar surface area (TPSA) is 67.4 Å². The molecule has 0 aliphatic carbocycles. The number of amides is 2. The first-order chi connectivity index (χ1) is 15.2. The molecule has 0 aliphatic rings. The van der Waals surface area contributed by atoms with Crippen LogP contribution >= 0.6 is 0 Å². The van der Waals surface area contributed by atoms with Crippen molar-refractivity contribution in [2.24, 2.45) is 0 Å². The molecule has 0 bridgehead atoms. The summed E-state index contributed by atoms with van der Waals surface area (Å²) >= 11 is 0. The van der Waals surface area contributed by atoms with E-state index in [1.54, 1.807) is 48.5 Å². The molecule has 5 nitrogen and oxygen atoms in total. The molecule has 2 amide bonds. The Balaban J connectivity index is 1.61. The highest BCUT2D eigenvalue weighted by Gasteiger charge is 2.14. The fraction of sp³-hybridized carbons (Fsp3) is 0.231. The number of unbranched alkanes of at least 4 members (excludes halogenated alkanes) is 3. The zero-order valence-electron chi connectivity index (χ0n) is 17.8. The molecule has 0 heterocycles. The third-order valence-electron chi connectivity index (χ3n) is 4.83. The zero-order valence-corrected chi connectivity index (χ0v) is 17.8. The Morgan fingerprint density at radius 2 is 1.45 bits per heavy atom.